The van der Waals surface area contributed by atoms with Crippen LogP contribution in [0.3, 0.4) is 0 Å². The largest absolute Gasteiger partial charge is 0.410 e. The molecule has 2 rings (SSSR count). The van der Waals surface area contributed by atoms with Crippen molar-refractivity contribution in [2.45, 2.75) is 24.8 Å². The van der Waals surface area contributed by atoms with E-state index in [2.05, 4.69) is 5.10 Å². The van der Waals surface area contributed by atoms with E-state index in [1.54, 1.807) is 6.92 Å². The molecule has 1 aromatic carbocycles. The average Bonchev–Trinajstić information content (AvgIpc) is 3.05. The van der Waals surface area contributed by atoms with E-state index in [1.807, 2.05) is 30.3 Å². The number of rotatable bonds is 9. The highest BCUT2D eigenvalue weighted by Gasteiger charge is 2.35. The third-order valence-electron chi connectivity index (χ3n) is 3.70. The Labute approximate surface area is 158 Å². The summed E-state index contributed by atoms with van der Waals surface area (Å²) in [4.78, 5) is 10.00. The van der Waals surface area contributed by atoms with Crippen LogP contribution in [0.15, 0.2) is 41.4 Å². The van der Waals surface area contributed by atoms with Crippen LogP contribution in [0.1, 0.15) is 12.5 Å². The Morgan fingerprint density at radius 2 is 1.92 bits per heavy atom. The van der Waals surface area contributed by atoms with E-state index in [1.165, 1.54) is 15.2 Å². The highest BCUT2D eigenvalue weighted by atomic mass is 35.5. The van der Waals surface area contributed by atoms with Crippen LogP contribution in [0.25, 0.3) is 0 Å². The van der Waals surface area contributed by atoms with Gasteiger partial charge in [-0.25, -0.2) is 8.42 Å². The zero-order valence-corrected chi connectivity index (χ0v) is 15.9. The lowest BCUT2D eigenvalue weighted by Gasteiger charge is -2.20. The van der Waals surface area contributed by atoms with Crippen molar-refractivity contribution in [1.82, 2.24) is 14.1 Å². The average molecular weight is 404 g/mol. The Hall–Kier alpha value is -2.01. The number of nitrogens with two attached hydrogens (primary N) is 1. The third kappa shape index (κ3) is 5.01. The minimum absolute atomic E-state index is 0. The van der Waals surface area contributed by atoms with Crippen molar-refractivity contribution < 1.29 is 13.3 Å². The SMILES string of the molecule is CCn1cc(S(=O)(=O)N(CCN)CCc2ccccc2)c([N+](=O)[O-])n1.Cl. The van der Waals surface area contributed by atoms with Gasteiger partial charge in [0.15, 0.2) is 0 Å². The van der Waals surface area contributed by atoms with E-state index >= 15 is 0 Å². The number of nitrogens with zero attached hydrogens (tertiary/aromatic N) is 4. The molecule has 0 amide bonds. The Bertz CT molecular complexity index is 826. The molecule has 0 aliphatic carbocycles. The number of benzene rings is 1. The number of nitro groups is 1. The quantitative estimate of drug-likeness (QED) is 0.498. The van der Waals surface area contributed by atoms with Crippen LogP contribution in [-0.2, 0) is 23.0 Å². The van der Waals surface area contributed by atoms with E-state index in [0.717, 1.165) is 5.56 Å². The first kappa shape index (κ1) is 22.0. The van der Waals surface area contributed by atoms with Crippen molar-refractivity contribution >= 4 is 28.2 Å². The Balaban J connectivity index is 0.00000338. The highest BCUT2D eigenvalue weighted by Crippen LogP contribution is 2.25. The molecule has 0 unspecified atom stereocenters. The molecule has 0 fully saturated rings. The lowest BCUT2D eigenvalue weighted by atomic mass is 10.1. The molecule has 26 heavy (non-hydrogen) atoms. The Morgan fingerprint density at radius 1 is 1.27 bits per heavy atom. The van der Waals surface area contributed by atoms with E-state index in [9.17, 15) is 18.5 Å². The first-order valence-corrected chi connectivity index (χ1v) is 9.30. The van der Waals surface area contributed by atoms with Gasteiger partial charge in [-0.2, -0.15) is 8.99 Å². The predicted octanol–water partition coefficient (Wildman–Crippen LogP) is 1.43. The van der Waals surface area contributed by atoms with Crippen molar-refractivity contribution in [2.75, 3.05) is 19.6 Å². The molecule has 0 aliphatic heterocycles. The zero-order chi connectivity index (χ0) is 18.4. The molecule has 0 spiro atoms. The molecule has 144 valence electrons. The predicted molar refractivity (Wildman–Crippen MR) is 99.8 cm³/mol. The Kier molecular flexibility index (Phi) is 8.15. The fourth-order valence-electron chi connectivity index (χ4n) is 2.40. The highest BCUT2D eigenvalue weighted by molar-refractivity contribution is 7.89. The summed E-state index contributed by atoms with van der Waals surface area (Å²) in [5, 5.41) is 14.9. The van der Waals surface area contributed by atoms with Crippen LogP contribution in [0.5, 0.6) is 0 Å². The van der Waals surface area contributed by atoms with Gasteiger partial charge < -0.3 is 15.8 Å². The number of sulfonamides is 1. The molecular formula is C15H22ClN5O4S. The van der Waals surface area contributed by atoms with Crippen molar-refractivity contribution in [1.29, 1.82) is 0 Å². The van der Waals surface area contributed by atoms with E-state index < -0.39 is 25.7 Å². The standard InChI is InChI=1S/C15H21N5O4S.ClH/c1-2-18-12-14(15(17-18)20(21)22)25(23,24)19(11-9-16)10-8-13-6-4-3-5-7-13;/h3-7,12H,2,8-11,16H2,1H3;1H. The zero-order valence-electron chi connectivity index (χ0n) is 14.3. The minimum atomic E-state index is -4.07. The molecule has 0 bridgehead atoms. The van der Waals surface area contributed by atoms with Gasteiger partial charge in [0.2, 0.25) is 4.90 Å². The molecule has 0 saturated carbocycles. The molecule has 11 heteroatoms. The van der Waals surface area contributed by atoms with Crippen molar-refractivity contribution in [3.8, 4) is 0 Å². The van der Waals surface area contributed by atoms with E-state index in [0.29, 0.717) is 13.0 Å². The number of hydrogen-bond acceptors (Lipinski definition) is 6. The molecule has 0 radical (unpaired) electrons. The van der Waals surface area contributed by atoms with Crippen molar-refractivity contribution in [3.63, 3.8) is 0 Å². The van der Waals surface area contributed by atoms with Crippen LogP contribution >= 0.6 is 12.4 Å². The van der Waals surface area contributed by atoms with Gasteiger partial charge in [0.25, 0.3) is 10.0 Å². The van der Waals surface area contributed by atoms with Crippen LogP contribution < -0.4 is 5.73 Å². The molecule has 0 aliphatic rings. The van der Waals surface area contributed by atoms with Gasteiger partial charge in [0, 0.05) is 19.6 Å². The summed E-state index contributed by atoms with van der Waals surface area (Å²) < 4.78 is 28.2. The normalized spacial score (nSPS) is 11.3. The molecule has 9 nitrogen and oxygen atoms in total. The summed E-state index contributed by atoms with van der Waals surface area (Å²) in [6.45, 7) is 2.42. The van der Waals surface area contributed by atoms with Crippen molar-refractivity contribution in [3.05, 3.63) is 52.2 Å². The fourth-order valence-corrected chi connectivity index (χ4v) is 3.95. The summed E-state index contributed by atoms with van der Waals surface area (Å²) in [5.74, 6) is -0.663. The number of aromatic nitrogens is 2. The Morgan fingerprint density at radius 3 is 2.46 bits per heavy atom. The van der Waals surface area contributed by atoms with Crippen LogP contribution in [0.2, 0.25) is 0 Å². The van der Waals surface area contributed by atoms with E-state index in [-0.39, 0.29) is 32.0 Å². The lowest BCUT2D eigenvalue weighted by Crippen LogP contribution is -2.37. The maximum atomic E-state index is 12.9. The van der Waals surface area contributed by atoms with Gasteiger partial charge in [-0.1, -0.05) is 30.3 Å². The molecule has 1 aromatic heterocycles. The molecule has 0 saturated heterocycles. The van der Waals surface area contributed by atoms with E-state index in [4.69, 9.17) is 5.73 Å². The lowest BCUT2D eigenvalue weighted by molar-refractivity contribution is -0.392. The van der Waals surface area contributed by atoms with Crippen molar-refractivity contribution in [2.24, 2.45) is 5.73 Å². The number of aryl methyl sites for hydroxylation is 1. The summed E-state index contributed by atoms with van der Waals surface area (Å²) in [6.07, 6.45) is 1.68. The molecule has 2 N–H and O–H groups in total. The maximum Gasteiger partial charge on any atom is 0.410 e. The minimum Gasteiger partial charge on any atom is -0.358 e. The van der Waals surface area contributed by atoms with Crippen LogP contribution in [-0.4, -0.2) is 47.1 Å². The fraction of sp³-hybridized carbons (Fsp3) is 0.400. The van der Waals surface area contributed by atoms with Crippen LogP contribution in [0, 0.1) is 10.1 Å². The topological polar surface area (TPSA) is 124 Å². The second-order valence-electron chi connectivity index (χ2n) is 5.36. The van der Waals surface area contributed by atoms with Crippen LogP contribution in [0.4, 0.5) is 5.82 Å². The first-order valence-electron chi connectivity index (χ1n) is 7.86. The monoisotopic (exact) mass is 403 g/mol. The molecule has 0 atom stereocenters. The van der Waals surface area contributed by atoms with Gasteiger partial charge in [-0.05, 0) is 23.8 Å². The second kappa shape index (κ2) is 9.62. The maximum absolute atomic E-state index is 12.9. The molecular weight excluding hydrogens is 382 g/mol. The molecule has 1 heterocycles. The van der Waals surface area contributed by atoms with Gasteiger partial charge in [-0.15, -0.1) is 12.4 Å². The first-order chi connectivity index (χ1) is 11.9. The summed E-state index contributed by atoms with van der Waals surface area (Å²) in [6, 6.07) is 9.40. The molecule has 2 aromatic rings. The second-order valence-corrected chi connectivity index (χ2v) is 7.26. The number of halogens is 1. The van der Waals surface area contributed by atoms with Gasteiger partial charge >= 0.3 is 5.82 Å². The smallest absolute Gasteiger partial charge is 0.358 e. The van der Waals surface area contributed by atoms with Gasteiger partial charge in [0.1, 0.15) is 0 Å². The summed E-state index contributed by atoms with van der Waals surface area (Å²) >= 11 is 0. The summed E-state index contributed by atoms with van der Waals surface area (Å²) in [7, 11) is -4.07. The third-order valence-corrected chi connectivity index (χ3v) is 5.58. The van der Waals surface area contributed by atoms with Gasteiger partial charge in [-0.3, -0.25) is 0 Å². The number of hydrogen-bond donors (Lipinski definition) is 1. The van der Waals surface area contributed by atoms with Gasteiger partial charge in [0.05, 0.1) is 17.8 Å². The summed E-state index contributed by atoms with van der Waals surface area (Å²) in [5.41, 5.74) is 6.51.